The fourth-order valence-corrected chi connectivity index (χ4v) is 4.10. The standard InChI is InChI=1S/C17H34N2O2/c1-3-18-13-17(8-6-4-5-7-9-17)14-19-10-15(2)21-16(11-19)12-20/h15-16,18,20H,3-14H2,1-2H3. The van der Waals surface area contributed by atoms with E-state index in [0.29, 0.717) is 5.41 Å². The van der Waals surface area contributed by atoms with Gasteiger partial charge in [0.15, 0.2) is 0 Å². The summed E-state index contributed by atoms with van der Waals surface area (Å²) in [7, 11) is 0. The van der Waals surface area contributed by atoms with Gasteiger partial charge in [0, 0.05) is 26.2 Å². The van der Waals surface area contributed by atoms with E-state index in [0.717, 1.165) is 32.7 Å². The molecule has 0 aromatic rings. The molecule has 0 aromatic heterocycles. The molecule has 124 valence electrons. The van der Waals surface area contributed by atoms with Crippen LogP contribution in [0.2, 0.25) is 0 Å². The molecule has 2 unspecified atom stereocenters. The highest BCUT2D eigenvalue weighted by molar-refractivity contribution is 4.89. The first-order valence-corrected chi connectivity index (χ1v) is 8.87. The van der Waals surface area contributed by atoms with Crippen LogP contribution in [0.15, 0.2) is 0 Å². The maximum Gasteiger partial charge on any atom is 0.0936 e. The van der Waals surface area contributed by atoms with E-state index in [1.54, 1.807) is 0 Å². The number of morpholine rings is 1. The summed E-state index contributed by atoms with van der Waals surface area (Å²) in [5.41, 5.74) is 0.420. The summed E-state index contributed by atoms with van der Waals surface area (Å²) in [5, 5.41) is 13.0. The van der Waals surface area contributed by atoms with E-state index in [1.165, 1.54) is 38.5 Å². The van der Waals surface area contributed by atoms with E-state index in [4.69, 9.17) is 4.74 Å². The molecule has 21 heavy (non-hydrogen) atoms. The predicted molar refractivity (Wildman–Crippen MR) is 86.5 cm³/mol. The summed E-state index contributed by atoms with van der Waals surface area (Å²) in [4.78, 5) is 2.54. The number of rotatable bonds is 6. The van der Waals surface area contributed by atoms with E-state index in [9.17, 15) is 5.11 Å². The highest BCUT2D eigenvalue weighted by atomic mass is 16.5. The smallest absolute Gasteiger partial charge is 0.0936 e. The first-order chi connectivity index (χ1) is 10.2. The summed E-state index contributed by atoms with van der Waals surface area (Å²) < 4.78 is 5.79. The quantitative estimate of drug-likeness (QED) is 0.737. The molecule has 1 aliphatic heterocycles. The van der Waals surface area contributed by atoms with Crippen LogP contribution < -0.4 is 5.32 Å². The lowest BCUT2D eigenvalue weighted by atomic mass is 9.79. The van der Waals surface area contributed by atoms with Crippen LogP contribution in [0.4, 0.5) is 0 Å². The second kappa shape index (κ2) is 8.47. The van der Waals surface area contributed by atoms with Crippen molar-refractivity contribution in [3.8, 4) is 0 Å². The van der Waals surface area contributed by atoms with Crippen LogP contribution in [0.5, 0.6) is 0 Å². The zero-order chi connectivity index (χ0) is 15.1. The third-order valence-corrected chi connectivity index (χ3v) is 5.08. The van der Waals surface area contributed by atoms with Crippen LogP contribution in [0, 0.1) is 5.41 Å². The minimum atomic E-state index is -0.00397. The fraction of sp³-hybridized carbons (Fsp3) is 1.00. The van der Waals surface area contributed by atoms with Gasteiger partial charge in [-0.25, -0.2) is 0 Å². The molecule has 2 fully saturated rings. The Bertz CT molecular complexity index is 291. The van der Waals surface area contributed by atoms with Gasteiger partial charge in [-0.3, -0.25) is 4.90 Å². The Morgan fingerprint density at radius 3 is 2.52 bits per heavy atom. The number of hydrogen-bond donors (Lipinski definition) is 2. The molecule has 0 amide bonds. The van der Waals surface area contributed by atoms with Gasteiger partial charge in [0.2, 0.25) is 0 Å². The molecule has 0 aromatic carbocycles. The van der Waals surface area contributed by atoms with Crippen LogP contribution in [-0.2, 0) is 4.74 Å². The Balaban J connectivity index is 1.99. The van der Waals surface area contributed by atoms with E-state index in [2.05, 4.69) is 24.1 Å². The molecule has 1 saturated heterocycles. The lowest BCUT2D eigenvalue weighted by molar-refractivity contribution is -0.103. The van der Waals surface area contributed by atoms with E-state index < -0.39 is 0 Å². The van der Waals surface area contributed by atoms with E-state index in [-0.39, 0.29) is 18.8 Å². The van der Waals surface area contributed by atoms with Gasteiger partial charge in [-0.05, 0) is 31.7 Å². The molecule has 1 saturated carbocycles. The van der Waals surface area contributed by atoms with Gasteiger partial charge < -0.3 is 15.2 Å². The molecule has 0 spiro atoms. The summed E-state index contributed by atoms with van der Waals surface area (Å²) in [5.74, 6) is 0. The third kappa shape index (κ3) is 5.20. The molecule has 0 radical (unpaired) electrons. The summed E-state index contributed by atoms with van der Waals surface area (Å²) in [6, 6.07) is 0. The van der Waals surface area contributed by atoms with Gasteiger partial charge >= 0.3 is 0 Å². The highest BCUT2D eigenvalue weighted by Gasteiger charge is 2.35. The first kappa shape index (κ1) is 17.2. The number of hydrogen-bond acceptors (Lipinski definition) is 4. The maximum atomic E-state index is 9.42. The lowest BCUT2D eigenvalue weighted by Gasteiger charge is -2.43. The van der Waals surface area contributed by atoms with Crippen LogP contribution in [0.3, 0.4) is 0 Å². The Morgan fingerprint density at radius 1 is 1.19 bits per heavy atom. The number of nitrogens with zero attached hydrogens (tertiary/aromatic N) is 1. The van der Waals surface area contributed by atoms with Gasteiger partial charge in [0.1, 0.15) is 0 Å². The summed E-state index contributed by atoms with van der Waals surface area (Å²) in [6.45, 7) is 9.70. The van der Waals surface area contributed by atoms with Crippen LogP contribution in [0.1, 0.15) is 52.4 Å². The van der Waals surface area contributed by atoms with Gasteiger partial charge in [0.05, 0.1) is 18.8 Å². The molecule has 4 nitrogen and oxygen atoms in total. The average molecular weight is 298 g/mol. The number of nitrogens with one attached hydrogen (secondary N) is 1. The number of aliphatic hydroxyl groups excluding tert-OH is 1. The van der Waals surface area contributed by atoms with Gasteiger partial charge in [0.25, 0.3) is 0 Å². The molecule has 2 rings (SSSR count). The fourth-order valence-electron chi connectivity index (χ4n) is 4.10. The molecular weight excluding hydrogens is 264 g/mol. The maximum absolute atomic E-state index is 9.42. The molecule has 2 atom stereocenters. The minimum Gasteiger partial charge on any atom is -0.394 e. The van der Waals surface area contributed by atoms with Crippen LogP contribution in [-0.4, -0.2) is 61.5 Å². The zero-order valence-electron chi connectivity index (χ0n) is 13.9. The summed E-state index contributed by atoms with van der Waals surface area (Å²) in [6.07, 6.45) is 8.45. The van der Waals surface area contributed by atoms with Crippen molar-refractivity contribution in [2.75, 3.05) is 39.3 Å². The predicted octanol–water partition coefficient (Wildman–Crippen LogP) is 2.02. The third-order valence-electron chi connectivity index (χ3n) is 5.08. The van der Waals surface area contributed by atoms with E-state index >= 15 is 0 Å². The largest absolute Gasteiger partial charge is 0.394 e. The molecule has 2 N–H and O–H groups in total. The molecule has 0 bridgehead atoms. The van der Waals surface area contributed by atoms with E-state index in [1.807, 2.05) is 0 Å². The van der Waals surface area contributed by atoms with Crippen LogP contribution in [0.25, 0.3) is 0 Å². The Hall–Kier alpha value is -0.160. The monoisotopic (exact) mass is 298 g/mol. The SMILES string of the molecule is CCNCC1(CN2CC(C)OC(CO)C2)CCCCCC1. The molecule has 2 aliphatic rings. The molecular formula is C17H34N2O2. The highest BCUT2D eigenvalue weighted by Crippen LogP contribution is 2.36. The molecule has 1 heterocycles. The minimum absolute atomic E-state index is 0.00397. The van der Waals surface area contributed by atoms with Gasteiger partial charge in [-0.1, -0.05) is 32.6 Å². The Morgan fingerprint density at radius 2 is 1.90 bits per heavy atom. The normalized spacial score (nSPS) is 31.0. The number of aliphatic hydroxyl groups is 1. The zero-order valence-corrected chi connectivity index (χ0v) is 13.9. The van der Waals surface area contributed by atoms with Crippen molar-refractivity contribution in [3.05, 3.63) is 0 Å². The second-order valence-electron chi connectivity index (χ2n) is 7.14. The van der Waals surface area contributed by atoms with Crippen LogP contribution >= 0.6 is 0 Å². The first-order valence-electron chi connectivity index (χ1n) is 8.87. The van der Waals surface area contributed by atoms with Crippen molar-refractivity contribution in [1.29, 1.82) is 0 Å². The average Bonchev–Trinajstić information content (AvgIpc) is 2.70. The number of ether oxygens (including phenoxy) is 1. The molecule has 1 aliphatic carbocycles. The van der Waals surface area contributed by atoms with Crippen molar-refractivity contribution < 1.29 is 9.84 Å². The van der Waals surface area contributed by atoms with Crippen molar-refractivity contribution in [2.45, 2.75) is 64.6 Å². The van der Waals surface area contributed by atoms with Crippen molar-refractivity contribution in [1.82, 2.24) is 10.2 Å². The molecule has 4 heteroatoms. The van der Waals surface area contributed by atoms with Gasteiger partial charge in [-0.2, -0.15) is 0 Å². The lowest BCUT2D eigenvalue weighted by Crippen LogP contribution is -2.53. The Labute approximate surface area is 130 Å². The topological polar surface area (TPSA) is 44.7 Å². The second-order valence-corrected chi connectivity index (χ2v) is 7.14. The van der Waals surface area contributed by atoms with Crippen molar-refractivity contribution in [3.63, 3.8) is 0 Å². The Kier molecular flexibility index (Phi) is 6.93. The van der Waals surface area contributed by atoms with Crippen molar-refractivity contribution in [2.24, 2.45) is 5.41 Å². The van der Waals surface area contributed by atoms with Gasteiger partial charge in [-0.15, -0.1) is 0 Å². The summed E-state index contributed by atoms with van der Waals surface area (Å²) >= 11 is 0. The van der Waals surface area contributed by atoms with Crippen molar-refractivity contribution >= 4 is 0 Å².